The highest BCUT2D eigenvalue weighted by molar-refractivity contribution is 6.06. The van der Waals surface area contributed by atoms with Gasteiger partial charge in [0.15, 0.2) is 0 Å². The van der Waals surface area contributed by atoms with E-state index in [2.05, 4.69) is 40.1 Å². The van der Waals surface area contributed by atoms with E-state index in [1.54, 1.807) is 0 Å². The quantitative estimate of drug-likeness (QED) is 0.672. The zero-order valence-electron chi connectivity index (χ0n) is 12.2. The number of aromatic nitrogens is 3. The van der Waals surface area contributed by atoms with E-state index in [4.69, 9.17) is 10.8 Å². The van der Waals surface area contributed by atoms with Crippen LogP contribution in [0.5, 0.6) is 0 Å². The number of aryl methyl sites for hydroxylation is 2. The van der Waals surface area contributed by atoms with Crippen molar-refractivity contribution in [2.45, 2.75) is 32.6 Å². The van der Waals surface area contributed by atoms with Gasteiger partial charge in [0.05, 0.1) is 5.52 Å². The Morgan fingerprint density at radius 1 is 1.24 bits per heavy atom. The van der Waals surface area contributed by atoms with E-state index in [0.29, 0.717) is 18.7 Å². The molecule has 0 aliphatic rings. The molecular weight excluding hydrogens is 264 g/mol. The van der Waals surface area contributed by atoms with Gasteiger partial charge in [0.25, 0.3) is 0 Å². The topological polar surface area (TPSA) is 87.8 Å². The van der Waals surface area contributed by atoms with Crippen molar-refractivity contribution in [3.8, 4) is 0 Å². The summed E-state index contributed by atoms with van der Waals surface area (Å²) in [7, 11) is 0. The largest absolute Gasteiger partial charge is 0.396 e. The number of aromatic amines is 1. The van der Waals surface area contributed by atoms with E-state index >= 15 is 0 Å². The number of benzene rings is 1. The summed E-state index contributed by atoms with van der Waals surface area (Å²) < 4.78 is 0. The number of pyridine rings is 1. The number of aliphatic hydroxyl groups excluding tert-OH is 1. The average Bonchev–Trinajstić information content (AvgIpc) is 2.90. The Hall–Kier alpha value is -2.14. The highest BCUT2D eigenvalue weighted by Crippen LogP contribution is 2.27. The molecule has 2 aromatic heterocycles. The van der Waals surface area contributed by atoms with E-state index in [0.717, 1.165) is 40.6 Å². The fourth-order valence-electron chi connectivity index (χ4n) is 2.67. The lowest BCUT2D eigenvalue weighted by Crippen LogP contribution is -1.94. The Morgan fingerprint density at radius 2 is 2.10 bits per heavy atom. The fourth-order valence-corrected chi connectivity index (χ4v) is 2.67. The first-order valence-electron chi connectivity index (χ1n) is 7.40. The zero-order valence-corrected chi connectivity index (χ0v) is 12.2. The normalized spacial score (nSPS) is 11.5. The van der Waals surface area contributed by atoms with Crippen LogP contribution in [0.25, 0.3) is 21.9 Å². The number of nitrogens with one attached hydrogen (secondary N) is 1. The van der Waals surface area contributed by atoms with Crippen LogP contribution in [0.15, 0.2) is 18.2 Å². The molecule has 0 amide bonds. The number of hydrogen-bond acceptors (Lipinski definition) is 4. The van der Waals surface area contributed by atoms with Gasteiger partial charge in [0.1, 0.15) is 22.7 Å². The maximum absolute atomic E-state index is 8.93. The van der Waals surface area contributed by atoms with Crippen molar-refractivity contribution < 1.29 is 5.11 Å². The molecule has 0 atom stereocenters. The number of rotatable bonds is 5. The molecule has 3 aromatic rings. The van der Waals surface area contributed by atoms with Crippen molar-refractivity contribution in [2.24, 2.45) is 0 Å². The van der Waals surface area contributed by atoms with Gasteiger partial charge in [0.2, 0.25) is 0 Å². The highest BCUT2D eigenvalue weighted by atomic mass is 16.2. The molecule has 0 aliphatic heterocycles. The van der Waals surface area contributed by atoms with Crippen molar-refractivity contribution in [1.29, 1.82) is 0 Å². The molecule has 3 rings (SSSR count). The summed E-state index contributed by atoms with van der Waals surface area (Å²) in [5, 5.41) is 9.95. The van der Waals surface area contributed by atoms with E-state index in [-0.39, 0.29) is 6.61 Å². The number of anilines is 1. The minimum Gasteiger partial charge on any atom is -0.396 e. The maximum Gasteiger partial charge on any atom is 0.150 e. The summed E-state index contributed by atoms with van der Waals surface area (Å²) in [6.07, 6.45) is 3.54. The number of fused-ring (bicyclic) bond motifs is 3. The van der Waals surface area contributed by atoms with Crippen LogP contribution in [0.1, 0.15) is 31.2 Å². The zero-order chi connectivity index (χ0) is 14.8. The van der Waals surface area contributed by atoms with Crippen LogP contribution in [-0.2, 0) is 12.8 Å². The summed E-state index contributed by atoms with van der Waals surface area (Å²) in [6, 6.07) is 6.30. The molecule has 5 nitrogen and oxygen atoms in total. The van der Waals surface area contributed by atoms with E-state index in [1.807, 2.05) is 0 Å². The molecule has 5 heteroatoms. The number of hydrogen-bond donors (Lipinski definition) is 3. The highest BCUT2D eigenvalue weighted by Gasteiger charge is 2.11. The number of nitrogens with zero attached hydrogens (tertiary/aromatic N) is 2. The molecule has 0 spiro atoms. The third-order valence-corrected chi connectivity index (χ3v) is 3.68. The van der Waals surface area contributed by atoms with Crippen molar-refractivity contribution >= 4 is 27.8 Å². The molecule has 4 N–H and O–H groups in total. The molecule has 0 saturated carbocycles. The third-order valence-electron chi connectivity index (χ3n) is 3.68. The first-order valence-corrected chi connectivity index (χ1v) is 7.40. The molecule has 0 unspecified atom stereocenters. The fraction of sp³-hybridized carbons (Fsp3) is 0.375. The van der Waals surface area contributed by atoms with E-state index in [9.17, 15) is 0 Å². The smallest absolute Gasteiger partial charge is 0.150 e. The van der Waals surface area contributed by atoms with Crippen molar-refractivity contribution in [3.63, 3.8) is 0 Å². The lowest BCUT2D eigenvalue weighted by molar-refractivity contribution is 0.287. The van der Waals surface area contributed by atoms with Crippen LogP contribution in [0.4, 0.5) is 5.82 Å². The molecule has 2 heterocycles. The van der Waals surface area contributed by atoms with Gasteiger partial charge in [0, 0.05) is 18.4 Å². The van der Waals surface area contributed by atoms with Crippen LogP contribution in [0.3, 0.4) is 0 Å². The molecule has 1 aromatic carbocycles. The number of H-pyrrole nitrogens is 1. The van der Waals surface area contributed by atoms with Gasteiger partial charge in [-0.05, 0) is 24.5 Å². The first kappa shape index (κ1) is 13.8. The molecule has 110 valence electrons. The molecular formula is C16H20N4O. The average molecular weight is 284 g/mol. The monoisotopic (exact) mass is 284 g/mol. The molecule has 0 aliphatic carbocycles. The summed E-state index contributed by atoms with van der Waals surface area (Å²) in [5.41, 5.74) is 9.88. The summed E-state index contributed by atoms with van der Waals surface area (Å²) in [4.78, 5) is 12.3. The van der Waals surface area contributed by atoms with Crippen molar-refractivity contribution in [1.82, 2.24) is 15.0 Å². The standard InChI is InChI=1S/C16H20N4O/c1-2-4-10-6-7-11-12(9-10)18-16(17)15-14(11)19-13(20-15)5-3-8-21/h6-7,9,21H,2-5,8H2,1H3,(H2,17,18)(H,19,20). The van der Waals surface area contributed by atoms with Crippen molar-refractivity contribution in [2.75, 3.05) is 12.3 Å². The number of nitrogens with two attached hydrogens (primary N) is 1. The molecule has 0 fully saturated rings. The van der Waals surface area contributed by atoms with E-state index < -0.39 is 0 Å². The minimum absolute atomic E-state index is 0.159. The molecule has 0 bridgehead atoms. The Labute approximate surface area is 123 Å². The summed E-state index contributed by atoms with van der Waals surface area (Å²) >= 11 is 0. The van der Waals surface area contributed by atoms with Gasteiger partial charge in [-0.3, -0.25) is 0 Å². The van der Waals surface area contributed by atoms with Crippen LogP contribution in [0, 0.1) is 0 Å². The SMILES string of the molecule is CCCc1ccc2c(c1)nc(N)c1[nH]c(CCCO)nc12. The molecule has 21 heavy (non-hydrogen) atoms. The Balaban J connectivity index is 2.15. The first-order chi connectivity index (χ1) is 10.2. The van der Waals surface area contributed by atoms with Gasteiger partial charge in [-0.25, -0.2) is 9.97 Å². The van der Waals surface area contributed by atoms with Crippen LogP contribution >= 0.6 is 0 Å². The Morgan fingerprint density at radius 3 is 2.86 bits per heavy atom. The number of imidazole rings is 1. The second-order valence-corrected chi connectivity index (χ2v) is 5.33. The van der Waals surface area contributed by atoms with Crippen LogP contribution in [-0.4, -0.2) is 26.7 Å². The van der Waals surface area contributed by atoms with Gasteiger partial charge in [-0.2, -0.15) is 0 Å². The molecule has 0 saturated heterocycles. The Bertz CT molecular complexity index is 779. The van der Waals surface area contributed by atoms with Gasteiger partial charge in [-0.1, -0.05) is 25.5 Å². The minimum atomic E-state index is 0.159. The van der Waals surface area contributed by atoms with Crippen molar-refractivity contribution in [3.05, 3.63) is 29.6 Å². The number of nitrogen functional groups attached to an aromatic ring is 1. The Kier molecular flexibility index (Phi) is 3.75. The van der Waals surface area contributed by atoms with Gasteiger partial charge >= 0.3 is 0 Å². The lowest BCUT2D eigenvalue weighted by atomic mass is 10.1. The summed E-state index contributed by atoms with van der Waals surface area (Å²) in [5.74, 6) is 1.33. The number of aliphatic hydroxyl groups is 1. The lowest BCUT2D eigenvalue weighted by Gasteiger charge is -2.04. The van der Waals surface area contributed by atoms with Gasteiger partial charge < -0.3 is 15.8 Å². The van der Waals surface area contributed by atoms with Crippen LogP contribution < -0.4 is 5.73 Å². The second-order valence-electron chi connectivity index (χ2n) is 5.33. The third kappa shape index (κ3) is 2.56. The second kappa shape index (κ2) is 5.69. The molecule has 0 radical (unpaired) electrons. The maximum atomic E-state index is 8.93. The predicted molar refractivity (Wildman–Crippen MR) is 85.2 cm³/mol. The van der Waals surface area contributed by atoms with E-state index in [1.165, 1.54) is 5.56 Å². The summed E-state index contributed by atoms with van der Waals surface area (Å²) in [6.45, 7) is 2.32. The van der Waals surface area contributed by atoms with Crippen LogP contribution in [0.2, 0.25) is 0 Å². The predicted octanol–water partition coefficient (Wildman–Crippen LogP) is 2.57. The van der Waals surface area contributed by atoms with Gasteiger partial charge in [-0.15, -0.1) is 0 Å².